The van der Waals surface area contributed by atoms with E-state index in [1.165, 1.54) is 21.6 Å². The summed E-state index contributed by atoms with van der Waals surface area (Å²) < 4.78 is 1.40. The van der Waals surface area contributed by atoms with Crippen molar-refractivity contribution in [2.45, 2.75) is 45.7 Å². The Kier molecular flexibility index (Phi) is 9.36. The number of aromatic amines is 1. The molecule has 0 spiro atoms. The molecule has 12 heteroatoms. The molecule has 0 saturated carbocycles. The van der Waals surface area contributed by atoms with E-state index in [9.17, 15) is 19.2 Å². The number of hydrogen-bond donors (Lipinski definition) is 4. The van der Waals surface area contributed by atoms with Crippen LogP contribution in [0.2, 0.25) is 0 Å². The number of anilines is 1. The molecular weight excluding hydrogens is 490 g/mol. The first kappa shape index (κ1) is 28.1. The van der Waals surface area contributed by atoms with Gasteiger partial charge in [-0.1, -0.05) is 19.9 Å². The predicted molar refractivity (Wildman–Crippen MR) is 143 cm³/mol. The Morgan fingerprint density at radius 1 is 1.24 bits per heavy atom. The number of nitrogens with one attached hydrogen (secondary N) is 3. The van der Waals surface area contributed by atoms with E-state index in [2.05, 4.69) is 39.4 Å². The lowest BCUT2D eigenvalue weighted by atomic mass is 10.1. The molecule has 202 valence electrons. The summed E-state index contributed by atoms with van der Waals surface area (Å²) in [5.74, 6) is 0.0712. The second-order valence-corrected chi connectivity index (χ2v) is 9.49. The number of H-pyrrole nitrogens is 1. The molecule has 0 aliphatic carbocycles. The second-order valence-electron chi connectivity index (χ2n) is 9.49. The van der Waals surface area contributed by atoms with Crippen LogP contribution in [-0.4, -0.2) is 67.6 Å². The first-order chi connectivity index (χ1) is 18.0. The minimum absolute atomic E-state index is 0.00583. The summed E-state index contributed by atoms with van der Waals surface area (Å²) >= 11 is 0. The molecule has 3 heterocycles. The minimum atomic E-state index is -1.37. The van der Waals surface area contributed by atoms with Crippen molar-refractivity contribution in [3.05, 3.63) is 64.6 Å². The normalized spacial score (nSPS) is 12.1. The first-order valence-corrected chi connectivity index (χ1v) is 12.2. The van der Waals surface area contributed by atoms with Crippen molar-refractivity contribution in [3.8, 4) is 0 Å². The smallest absolute Gasteiger partial charge is 0.405 e. The number of rotatable bonds is 11. The summed E-state index contributed by atoms with van der Waals surface area (Å²) in [6, 6.07) is 3.77. The van der Waals surface area contributed by atoms with Gasteiger partial charge in [0.2, 0.25) is 11.8 Å². The fourth-order valence-corrected chi connectivity index (χ4v) is 3.80. The highest BCUT2D eigenvalue weighted by molar-refractivity contribution is 5.96. The second kappa shape index (κ2) is 12.7. The van der Waals surface area contributed by atoms with Gasteiger partial charge >= 0.3 is 6.09 Å². The topological polar surface area (TPSA) is 162 Å². The number of pyridine rings is 2. The molecule has 3 amide bonds. The first-order valence-electron chi connectivity index (χ1n) is 12.2. The molecule has 3 rings (SSSR count). The van der Waals surface area contributed by atoms with E-state index in [-0.39, 0.29) is 31.0 Å². The highest BCUT2D eigenvalue weighted by Crippen LogP contribution is 2.18. The van der Waals surface area contributed by atoms with Crippen molar-refractivity contribution in [1.29, 1.82) is 0 Å². The van der Waals surface area contributed by atoms with Crippen molar-refractivity contribution in [1.82, 2.24) is 29.7 Å². The molecule has 1 unspecified atom stereocenters. The maximum atomic E-state index is 13.1. The molecule has 3 aromatic heterocycles. The van der Waals surface area contributed by atoms with Gasteiger partial charge in [0.25, 0.3) is 5.56 Å². The summed E-state index contributed by atoms with van der Waals surface area (Å²) in [6.45, 7) is 4.35. The molecule has 1 atom stereocenters. The highest BCUT2D eigenvalue weighted by Gasteiger charge is 2.21. The summed E-state index contributed by atoms with van der Waals surface area (Å²) in [4.78, 5) is 62.5. The third-order valence-electron chi connectivity index (χ3n) is 5.66. The molecule has 4 N–H and O–H groups in total. The highest BCUT2D eigenvalue weighted by atomic mass is 16.4. The van der Waals surface area contributed by atoms with E-state index in [0.717, 1.165) is 23.1 Å². The number of allylic oxidation sites excluding steroid dienone is 1. The molecule has 0 aliphatic heterocycles. The minimum Gasteiger partial charge on any atom is -0.465 e. The van der Waals surface area contributed by atoms with E-state index >= 15 is 0 Å². The van der Waals surface area contributed by atoms with Crippen molar-refractivity contribution in [2.75, 3.05) is 19.4 Å². The number of carboxylic acid groups (broad SMARTS) is 1. The van der Waals surface area contributed by atoms with Gasteiger partial charge in [0.1, 0.15) is 23.1 Å². The maximum Gasteiger partial charge on any atom is 0.405 e. The fraction of sp³-hybridized carbons (Fsp3) is 0.385. The number of carbonyl (C=O) groups excluding carboxylic acids is 2. The predicted octanol–water partition coefficient (Wildman–Crippen LogP) is 2.37. The number of nitrogens with zero attached hydrogens (tertiary/aromatic N) is 4. The Morgan fingerprint density at radius 2 is 2.00 bits per heavy atom. The van der Waals surface area contributed by atoms with Crippen molar-refractivity contribution >= 4 is 34.6 Å². The number of carbonyl (C=O) groups is 3. The lowest BCUT2D eigenvalue weighted by Crippen LogP contribution is -2.44. The number of fused-ring (bicyclic) bond motifs is 1. The van der Waals surface area contributed by atoms with Gasteiger partial charge < -0.3 is 30.2 Å². The van der Waals surface area contributed by atoms with Gasteiger partial charge in [-0.3, -0.25) is 19.4 Å². The third kappa shape index (κ3) is 7.51. The van der Waals surface area contributed by atoms with E-state index < -0.39 is 23.6 Å². The maximum absolute atomic E-state index is 13.1. The van der Waals surface area contributed by atoms with Gasteiger partial charge in [-0.2, -0.15) is 0 Å². The van der Waals surface area contributed by atoms with Gasteiger partial charge in [-0.05, 0) is 49.5 Å². The van der Waals surface area contributed by atoms with Gasteiger partial charge in [0.15, 0.2) is 0 Å². The number of aromatic nitrogens is 4. The largest absolute Gasteiger partial charge is 0.465 e. The molecule has 0 fully saturated rings. The van der Waals surface area contributed by atoms with Crippen LogP contribution in [0.15, 0.2) is 47.5 Å². The van der Waals surface area contributed by atoms with Gasteiger partial charge in [-0.15, -0.1) is 0 Å². The molecule has 3 aromatic rings. The number of likely N-dealkylation sites (N-methyl/N-ethyl adjacent to an activating group) is 1. The summed E-state index contributed by atoms with van der Waals surface area (Å²) in [6.07, 6.45) is 6.00. The van der Waals surface area contributed by atoms with Crippen LogP contribution in [-0.2, 0) is 22.6 Å². The van der Waals surface area contributed by atoms with Crippen LogP contribution in [0, 0.1) is 5.92 Å². The van der Waals surface area contributed by atoms with Crippen LogP contribution >= 0.6 is 0 Å². The van der Waals surface area contributed by atoms with E-state index in [0.29, 0.717) is 11.7 Å². The van der Waals surface area contributed by atoms with E-state index in [1.807, 2.05) is 6.07 Å². The summed E-state index contributed by atoms with van der Waals surface area (Å²) in [7, 11) is 3.22. The Morgan fingerprint density at radius 3 is 2.68 bits per heavy atom. The number of hydrogen-bond acceptors (Lipinski definition) is 6. The average molecular weight is 524 g/mol. The molecular formula is C26H33N7O5. The van der Waals surface area contributed by atoms with Crippen LogP contribution in [0.1, 0.15) is 38.2 Å². The standard InChI is InChI=1S/C26H33N7O5/c1-16(2)14-20-23-17(11-12-27-20)28-21(31-23)15-33-13-7-9-19(25(33)36)29-24(35)18(30-26(37)38)8-5-6-10-22(34)32(3)4/h6-7,9-13,16,18,30H,5,8,14-15H2,1-4H3,(H,28,31)(H,29,35)(H,37,38). The van der Waals surface area contributed by atoms with Crippen molar-refractivity contribution in [3.63, 3.8) is 0 Å². The van der Waals surface area contributed by atoms with Crippen LogP contribution < -0.4 is 16.2 Å². The number of amides is 3. The zero-order valence-corrected chi connectivity index (χ0v) is 21.9. The Labute approximate surface area is 219 Å². The molecule has 38 heavy (non-hydrogen) atoms. The Bertz CT molecular complexity index is 1390. The zero-order chi connectivity index (χ0) is 27.8. The third-order valence-corrected chi connectivity index (χ3v) is 5.66. The van der Waals surface area contributed by atoms with Gasteiger partial charge in [0.05, 0.1) is 17.8 Å². The van der Waals surface area contributed by atoms with Crippen molar-refractivity contribution < 1.29 is 19.5 Å². The van der Waals surface area contributed by atoms with Gasteiger partial charge in [0, 0.05) is 26.5 Å². The van der Waals surface area contributed by atoms with Crippen LogP contribution in [0.5, 0.6) is 0 Å². The quantitative estimate of drug-likeness (QED) is 0.280. The molecule has 0 aromatic carbocycles. The fourth-order valence-electron chi connectivity index (χ4n) is 3.80. The van der Waals surface area contributed by atoms with E-state index in [4.69, 9.17) is 5.11 Å². The van der Waals surface area contributed by atoms with Crippen LogP contribution in [0.25, 0.3) is 11.0 Å². The monoisotopic (exact) mass is 523 g/mol. The van der Waals surface area contributed by atoms with Crippen LogP contribution in [0.4, 0.5) is 10.5 Å². The van der Waals surface area contributed by atoms with Crippen molar-refractivity contribution in [2.24, 2.45) is 5.92 Å². The summed E-state index contributed by atoms with van der Waals surface area (Å²) in [5.41, 5.74) is 2.01. The molecule has 0 aliphatic rings. The molecule has 0 bridgehead atoms. The lowest BCUT2D eigenvalue weighted by molar-refractivity contribution is -0.123. The van der Waals surface area contributed by atoms with Gasteiger partial charge in [-0.25, -0.2) is 9.78 Å². The average Bonchev–Trinajstić information content (AvgIpc) is 3.26. The Balaban J connectivity index is 1.74. The Hall–Kier alpha value is -4.48. The summed E-state index contributed by atoms with van der Waals surface area (Å²) in [5, 5.41) is 13.8. The molecule has 0 saturated heterocycles. The molecule has 12 nitrogen and oxygen atoms in total. The number of imidazole rings is 1. The van der Waals surface area contributed by atoms with Crippen LogP contribution in [0.3, 0.4) is 0 Å². The zero-order valence-electron chi connectivity index (χ0n) is 21.9. The molecule has 0 radical (unpaired) electrons. The SMILES string of the molecule is CC(C)Cc1nccc2[nH]c(Cn3cccc(NC(=O)C(CCC=CC(=O)N(C)C)NC(=O)O)c3=O)nc12. The lowest BCUT2D eigenvalue weighted by Gasteiger charge is -2.16. The van der Waals surface area contributed by atoms with E-state index in [1.54, 1.807) is 38.6 Å².